The van der Waals surface area contributed by atoms with Gasteiger partial charge in [-0.3, -0.25) is 9.59 Å². The highest BCUT2D eigenvalue weighted by Crippen LogP contribution is 2.42. The average Bonchev–Trinajstić information content (AvgIpc) is 2.85. The molecule has 0 spiro atoms. The Morgan fingerprint density at radius 2 is 1.44 bits per heavy atom. The van der Waals surface area contributed by atoms with Crippen LogP contribution in [0.25, 0.3) is 0 Å². The zero-order chi connectivity index (χ0) is 26.6. The highest BCUT2D eigenvalue weighted by Gasteiger charge is 2.29. The van der Waals surface area contributed by atoms with Gasteiger partial charge in [-0.1, -0.05) is 58.5 Å². The second kappa shape index (κ2) is 12.1. The molecule has 0 saturated heterocycles. The second-order valence-corrected chi connectivity index (χ2v) is 10.2. The van der Waals surface area contributed by atoms with Gasteiger partial charge in [-0.05, 0) is 43.3 Å². The topological polar surface area (TPSA) is 105 Å². The smallest absolute Gasteiger partial charge is 0.338 e. The number of nitrogens with one attached hydrogen (secondary N) is 2. The molecule has 0 aliphatic carbocycles. The fraction of sp³-hybridized carbons (Fsp3) is 0.125. The number of carboxylic acids is 1. The molecule has 1 atom stereocenters. The summed E-state index contributed by atoms with van der Waals surface area (Å²) >= 11 is 25.4. The predicted molar refractivity (Wildman–Crippen MR) is 145 cm³/mol. The number of benzene rings is 3. The van der Waals surface area contributed by atoms with Crippen LogP contribution in [0.5, 0.6) is 5.75 Å². The number of para-hydroxylation sites is 2. The van der Waals surface area contributed by atoms with Crippen molar-refractivity contribution in [3.63, 3.8) is 0 Å². The maximum atomic E-state index is 12.9. The summed E-state index contributed by atoms with van der Waals surface area (Å²) in [5, 5.41) is 13.3. The van der Waals surface area contributed by atoms with Gasteiger partial charge in [0, 0.05) is 10.6 Å². The monoisotopic (exact) mass is 586 g/mol. The Hall–Kier alpha value is -2.62. The lowest BCUT2D eigenvalue weighted by atomic mass is 10.1. The van der Waals surface area contributed by atoms with Crippen molar-refractivity contribution in [3.8, 4) is 5.75 Å². The van der Waals surface area contributed by atoms with E-state index in [4.69, 9.17) is 51.1 Å². The molecule has 188 valence electrons. The third kappa shape index (κ3) is 6.19. The Morgan fingerprint density at radius 3 is 2.03 bits per heavy atom. The molecule has 0 radical (unpaired) electrons. The van der Waals surface area contributed by atoms with Gasteiger partial charge >= 0.3 is 5.97 Å². The molecule has 0 saturated carbocycles. The summed E-state index contributed by atoms with van der Waals surface area (Å²) < 4.78 is 5.25. The lowest BCUT2D eigenvalue weighted by Gasteiger charge is -2.15. The first kappa shape index (κ1) is 28.0. The zero-order valence-corrected chi connectivity index (χ0v) is 22.5. The van der Waals surface area contributed by atoms with Crippen molar-refractivity contribution >= 4 is 87.3 Å². The number of methoxy groups -OCH3 is 1. The molecule has 0 fully saturated rings. The summed E-state index contributed by atoms with van der Waals surface area (Å²) in [5.41, 5.74) is -0.0540. The van der Waals surface area contributed by atoms with Crippen LogP contribution in [0.1, 0.15) is 27.6 Å². The van der Waals surface area contributed by atoms with Crippen molar-refractivity contribution in [1.82, 2.24) is 0 Å². The number of hydrogen-bond donors (Lipinski definition) is 3. The molecule has 2 amide bonds. The molecule has 36 heavy (non-hydrogen) atoms. The van der Waals surface area contributed by atoms with Gasteiger partial charge in [0.05, 0.1) is 49.3 Å². The summed E-state index contributed by atoms with van der Waals surface area (Å²) in [6.07, 6.45) is 0. The molecule has 0 aliphatic rings. The van der Waals surface area contributed by atoms with Crippen LogP contribution in [0.4, 0.5) is 11.4 Å². The largest absolute Gasteiger partial charge is 0.495 e. The summed E-state index contributed by atoms with van der Waals surface area (Å²) in [5.74, 6) is -1.98. The van der Waals surface area contributed by atoms with E-state index in [0.29, 0.717) is 17.1 Å². The molecule has 7 nitrogen and oxygen atoms in total. The van der Waals surface area contributed by atoms with Crippen molar-refractivity contribution in [2.75, 3.05) is 17.7 Å². The maximum absolute atomic E-state index is 12.9. The molecule has 0 bridgehead atoms. The number of thioether (sulfide) groups is 1. The first-order chi connectivity index (χ1) is 17.0. The Morgan fingerprint density at radius 1 is 0.861 bits per heavy atom. The normalized spacial score (nSPS) is 11.5. The van der Waals surface area contributed by atoms with Crippen molar-refractivity contribution in [1.29, 1.82) is 0 Å². The standard InChI is InChI=1S/C24H18Cl4N2O5S/c1-11(22(31)30-14-5-3-4-6-15(14)35-2)36-13-9-7-12(8-10-13)29-23(32)16-17(24(33)34)19(26)21(28)20(27)18(16)25/h3-11H,1-2H3,(H,29,32)(H,30,31)(H,33,34). The van der Waals surface area contributed by atoms with E-state index >= 15 is 0 Å². The van der Waals surface area contributed by atoms with Crippen molar-refractivity contribution < 1.29 is 24.2 Å². The molecule has 0 aliphatic heterocycles. The summed E-state index contributed by atoms with van der Waals surface area (Å²) in [4.78, 5) is 37.9. The molecular formula is C24H18Cl4N2O5S. The van der Waals surface area contributed by atoms with Gasteiger partial charge in [-0.25, -0.2) is 4.79 Å². The molecule has 3 aromatic rings. The van der Waals surface area contributed by atoms with E-state index in [1.54, 1.807) is 55.5 Å². The summed E-state index contributed by atoms with van der Waals surface area (Å²) in [6, 6.07) is 13.7. The van der Waals surface area contributed by atoms with Crippen molar-refractivity contribution in [2.24, 2.45) is 0 Å². The average molecular weight is 588 g/mol. The number of amides is 2. The van der Waals surface area contributed by atoms with Gasteiger partial charge in [-0.15, -0.1) is 11.8 Å². The van der Waals surface area contributed by atoms with Crippen LogP contribution >= 0.6 is 58.2 Å². The van der Waals surface area contributed by atoms with Crippen molar-refractivity contribution in [3.05, 3.63) is 79.7 Å². The molecular weight excluding hydrogens is 570 g/mol. The van der Waals surface area contributed by atoms with Crippen molar-refractivity contribution in [2.45, 2.75) is 17.1 Å². The second-order valence-electron chi connectivity index (χ2n) is 7.24. The fourth-order valence-electron chi connectivity index (χ4n) is 3.10. The zero-order valence-electron chi connectivity index (χ0n) is 18.7. The summed E-state index contributed by atoms with van der Waals surface area (Å²) in [6.45, 7) is 1.76. The number of hydrogen-bond acceptors (Lipinski definition) is 5. The van der Waals surface area contributed by atoms with Gasteiger partial charge in [0.1, 0.15) is 5.75 Å². The molecule has 3 rings (SSSR count). The Labute approximate surface area is 231 Å². The highest BCUT2D eigenvalue weighted by atomic mass is 35.5. The number of carbonyl (C=O) groups excluding carboxylic acids is 2. The number of aromatic carboxylic acids is 1. The van der Waals surface area contributed by atoms with Crippen LogP contribution in [-0.4, -0.2) is 35.2 Å². The van der Waals surface area contributed by atoms with Gasteiger partial charge in [0.25, 0.3) is 5.91 Å². The van der Waals surface area contributed by atoms with E-state index in [-0.39, 0.29) is 21.0 Å². The van der Waals surface area contributed by atoms with Crippen LogP contribution < -0.4 is 15.4 Å². The summed E-state index contributed by atoms with van der Waals surface area (Å²) in [7, 11) is 1.52. The van der Waals surface area contributed by atoms with Crippen LogP contribution in [-0.2, 0) is 4.79 Å². The highest BCUT2D eigenvalue weighted by molar-refractivity contribution is 8.00. The minimum Gasteiger partial charge on any atom is -0.495 e. The Balaban J connectivity index is 1.72. The number of rotatable bonds is 8. The lowest BCUT2D eigenvalue weighted by Crippen LogP contribution is -2.22. The van der Waals surface area contributed by atoms with Gasteiger partial charge in [-0.2, -0.15) is 0 Å². The van der Waals surface area contributed by atoms with Crippen LogP contribution in [0.2, 0.25) is 20.1 Å². The Bertz CT molecular complexity index is 1340. The minimum absolute atomic E-state index is 0.214. The van der Waals surface area contributed by atoms with Gasteiger partial charge < -0.3 is 20.5 Å². The number of anilines is 2. The molecule has 3 N–H and O–H groups in total. The first-order valence-corrected chi connectivity index (χ1v) is 12.6. The molecule has 12 heteroatoms. The predicted octanol–water partition coefficient (Wildman–Crippen LogP) is 7.38. The van der Waals surface area contributed by atoms with E-state index in [1.807, 2.05) is 0 Å². The molecule has 3 aromatic carbocycles. The SMILES string of the molecule is COc1ccccc1NC(=O)C(C)Sc1ccc(NC(=O)c2c(Cl)c(Cl)c(Cl)c(Cl)c2C(=O)O)cc1. The Kier molecular flexibility index (Phi) is 9.38. The number of halogens is 4. The minimum atomic E-state index is -1.49. The third-order valence-corrected chi connectivity index (χ3v) is 7.78. The van der Waals surface area contributed by atoms with E-state index < -0.39 is 33.3 Å². The molecule has 0 aromatic heterocycles. The fourth-order valence-corrected chi connectivity index (χ4v) is 4.98. The lowest BCUT2D eigenvalue weighted by molar-refractivity contribution is -0.115. The van der Waals surface area contributed by atoms with E-state index in [2.05, 4.69) is 10.6 Å². The number of carboxylic acid groups (broad SMARTS) is 1. The third-order valence-electron chi connectivity index (χ3n) is 4.87. The first-order valence-electron chi connectivity index (χ1n) is 10.2. The van der Waals surface area contributed by atoms with Gasteiger partial charge in [0.2, 0.25) is 5.91 Å². The van der Waals surface area contributed by atoms with E-state index in [9.17, 15) is 19.5 Å². The quantitative estimate of drug-likeness (QED) is 0.144. The number of carbonyl (C=O) groups is 3. The van der Waals surface area contributed by atoms with Gasteiger partial charge in [0.15, 0.2) is 0 Å². The maximum Gasteiger partial charge on any atom is 0.338 e. The van der Waals surface area contributed by atoms with E-state index in [0.717, 1.165) is 4.90 Å². The van der Waals surface area contributed by atoms with Crippen LogP contribution in [0.3, 0.4) is 0 Å². The molecule has 1 unspecified atom stereocenters. The van der Waals surface area contributed by atoms with Crippen LogP contribution in [0, 0.1) is 0 Å². The number of ether oxygens (including phenoxy) is 1. The van der Waals surface area contributed by atoms with E-state index in [1.165, 1.54) is 18.9 Å². The molecule has 0 heterocycles. The van der Waals surface area contributed by atoms with Crippen LogP contribution in [0.15, 0.2) is 53.4 Å².